The Hall–Kier alpha value is -1.90. The van der Waals surface area contributed by atoms with E-state index >= 15 is 0 Å². The summed E-state index contributed by atoms with van der Waals surface area (Å²) < 4.78 is 0. The van der Waals surface area contributed by atoms with Crippen LogP contribution in [-0.4, -0.2) is 29.7 Å². The van der Waals surface area contributed by atoms with Crippen molar-refractivity contribution < 1.29 is 9.90 Å². The summed E-state index contributed by atoms with van der Waals surface area (Å²) in [6, 6.07) is 8.86. The summed E-state index contributed by atoms with van der Waals surface area (Å²) in [6.45, 7) is 0.852. The molecule has 1 amide bonds. The number of hydrogen-bond donors (Lipinski definition) is 3. The Morgan fingerprint density at radius 2 is 2.44 bits per heavy atom. The van der Waals surface area contributed by atoms with Crippen LogP contribution in [0.2, 0.25) is 0 Å². The summed E-state index contributed by atoms with van der Waals surface area (Å²) in [4.78, 5) is 11.8. The molecule has 5 nitrogen and oxygen atoms in total. The van der Waals surface area contributed by atoms with Gasteiger partial charge in [-0.05, 0) is 24.1 Å². The normalized spacial score (nSPS) is 22.4. The molecule has 0 aromatic heterocycles. The first kappa shape index (κ1) is 12.6. The lowest BCUT2D eigenvalue weighted by molar-refractivity contribution is -0.123. The maximum atomic E-state index is 11.8. The Morgan fingerprint density at radius 1 is 1.61 bits per heavy atom. The molecule has 0 aliphatic carbocycles. The number of β-amino-alcohol motifs (C(OH)–C–C–N with tert-alkyl or cyclic N) is 1. The molecule has 1 aromatic rings. The van der Waals surface area contributed by atoms with E-state index in [9.17, 15) is 9.90 Å². The minimum atomic E-state index is -0.442. The first-order valence-corrected chi connectivity index (χ1v) is 5.87. The molecular weight excluding hydrogens is 230 g/mol. The molecule has 2 atom stereocenters. The molecule has 3 N–H and O–H groups in total. The maximum absolute atomic E-state index is 11.8. The van der Waals surface area contributed by atoms with Gasteiger partial charge in [0.05, 0.1) is 23.8 Å². The van der Waals surface area contributed by atoms with Gasteiger partial charge >= 0.3 is 0 Å². The summed E-state index contributed by atoms with van der Waals surface area (Å²) in [5, 5.41) is 23.8. The number of nitrogens with zero attached hydrogens (tertiary/aromatic N) is 1. The van der Waals surface area contributed by atoms with Gasteiger partial charge in [0.2, 0.25) is 5.91 Å². The first-order valence-electron chi connectivity index (χ1n) is 5.87. The van der Waals surface area contributed by atoms with E-state index in [2.05, 4.69) is 16.7 Å². The average Bonchev–Trinajstić information content (AvgIpc) is 2.83. The third kappa shape index (κ3) is 3.06. The second-order valence-electron chi connectivity index (χ2n) is 4.38. The van der Waals surface area contributed by atoms with Crippen LogP contribution in [0, 0.1) is 11.3 Å². The number of aliphatic hydroxyl groups excluding tert-OH is 1. The van der Waals surface area contributed by atoms with Crippen molar-refractivity contribution in [2.45, 2.75) is 25.1 Å². The predicted octanol–water partition coefficient (Wildman–Crippen LogP) is -0.103. The van der Waals surface area contributed by atoms with Crippen LogP contribution in [0.4, 0.5) is 0 Å². The van der Waals surface area contributed by atoms with Crippen LogP contribution in [0.1, 0.15) is 17.5 Å². The van der Waals surface area contributed by atoms with Crippen molar-refractivity contribution in [3.8, 4) is 6.07 Å². The van der Waals surface area contributed by atoms with Gasteiger partial charge < -0.3 is 15.7 Å². The lowest BCUT2D eigenvalue weighted by Crippen LogP contribution is -2.40. The highest BCUT2D eigenvalue weighted by molar-refractivity contribution is 5.82. The van der Waals surface area contributed by atoms with Gasteiger partial charge in [-0.3, -0.25) is 4.79 Å². The highest BCUT2D eigenvalue weighted by atomic mass is 16.3. The Balaban J connectivity index is 1.87. The summed E-state index contributed by atoms with van der Waals surface area (Å²) in [6.07, 6.45) is 0.00651. The van der Waals surface area contributed by atoms with Crippen LogP contribution >= 0.6 is 0 Å². The van der Waals surface area contributed by atoms with Gasteiger partial charge in [0.25, 0.3) is 0 Å². The molecule has 1 aliphatic rings. The topological polar surface area (TPSA) is 85.2 Å². The van der Waals surface area contributed by atoms with Crippen LogP contribution in [0.25, 0.3) is 0 Å². The molecule has 1 saturated heterocycles. The second-order valence-corrected chi connectivity index (χ2v) is 4.38. The highest BCUT2D eigenvalue weighted by Gasteiger charge is 2.27. The SMILES string of the molecule is N#Cc1cccc(CNC(=O)C2CC(O)CN2)c1. The van der Waals surface area contributed by atoms with E-state index in [0.717, 1.165) is 5.56 Å². The molecule has 1 fully saturated rings. The third-order valence-electron chi connectivity index (χ3n) is 2.95. The van der Waals surface area contributed by atoms with E-state index in [-0.39, 0.29) is 11.9 Å². The lowest BCUT2D eigenvalue weighted by Gasteiger charge is -2.11. The number of benzene rings is 1. The molecule has 18 heavy (non-hydrogen) atoms. The summed E-state index contributed by atoms with van der Waals surface area (Å²) >= 11 is 0. The first-order chi connectivity index (χ1) is 8.69. The highest BCUT2D eigenvalue weighted by Crippen LogP contribution is 2.07. The number of aliphatic hydroxyl groups is 1. The smallest absolute Gasteiger partial charge is 0.237 e. The summed E-state index contributed by atoms with van der Waals surface area (Å²) in [5.74, 6) is -0.117. The minimum Gasteiger partial charge on any atom is -0.392 e. The van der Waals surface area contributed by atoms with Crippen molar-refractivity contribution in [2.24, 2.45) is 0 Å². The van der Waals surface area contributed by atoms with E-state index in [1.165, 1.54) is 0 Å². The van der Waals surface area contributed by atoms with Crippen LogP contribution in [0.3, 0.4) is 0 Å². The predicted molar refractivity (Wildman–Crippen MR) is 65.4 cm³/mol. The molecular formula is C13H15N3O2. The molecule has 94 valence electrons. The van der Waals surface area contributed by atoms with E-state index in [1.807, 2.05) is 6.07 Å². The molecule has 0 saturated carbocycles. The number of amides is 1. The summed E-state index contributed by atoms with van der Waals surface area (Å²) in [7, 11) is 0. The molecule has 2 rings (SSSR count). The van der Waals surface area contributed by atoms with Gasteiger partial charge in [-0.25, -0.2) is 0 Å². The Kier molecular flexibility index (Phi) is 3.92. The minimum absolute atomic E-state index is 0.117. The molecule has 5 heteroatoms. The monoisotopic (exact) mass is 245 g/mol. The number of carbonyl (C=O) groups excluding carboxylic acids is 1. The Bertz CT molecular complexity index is 481. The van der Waals surface area contributed by atoms with Crippen molar-refractivity contribution in [3.63, 3.8) is 0 Å². The van der Waals surface area contributed by atoms with Crippen molar-refractivity contribution in [1.29, 1.82) is 5.26 Å². The van der Waals surface area contributed by atoms with Gasteiger partial charge in [0, 0.05) is 13.1 Å². The molecule has 1 aromatic carbocycles. The third-order valence-corrected chi connectivity index (χ3v) is 2.95. The molecule has 1 heterocycles. The Morgan fingerprint density at radius 3 is 3.11 bits per heavy atom. The number of nitriles is 1. The number of hydrogen-bond acceptors (Lipinski definition) is 4. The molecule has 1 aliphatic heterocycles. The quantitative estimate of drug-likeness (QED) is 0.694. The van der Waals surface area contributed by atoms with Crippen molar-refractivity contribution >= 4 is 5.91 Å². The van der Waals surface area contributed by atoms with E-state index < -0.39 is 6.10 Å². The van der Waals surface area contributed by atoms with Crippen LogP contribution < -0.4 is 10.6 Å². The van der Waals surface area contributed by atoms with E-state index in [0.29, 0.717) is 25.1 Å². The zero-order valence-electron chi connectivity index (χ0n) is 9.89. The van der Waals surface area contributed by atoms with Gasteiger partial charge in [-0.1, -0.05) is 12.1 Å². The van der Waals surface area contributed by atoms with E-state index in [4.69, 9.17) is 5.26 Å². The fourth-order valence-electron chi connectivity index (χ4n) is 1.98. The number of rotatable bonds is 3. The van der Waals surface area contributed by atoms with Crippen LogP contribution in [0.5, 0.6) is 0 Å². The number of nitrogens with one attached hydrogen (secondary N) is 2. The van der Waals surface area contributed by atoms with Crippen molar-refractivity contribution in [3.05, 3.63) is 35.4 Å². The standard InChI is InChI=1S/C13H15N3O2/c14-6-9-2-1-3-10(4-9)7-16-13(18)12-5-11(17)8-15-12/h1-4,11-12,15,17H,5,7-8H2,(H,16,18). The van der Waals surface area contributed by atoms with E-state index in [1.54, 1.807) is 18.2 Å². The van der Waals surface area contributed by atoms with Crippen LogP contribution in [-0.2, 0) is 11.3 Å². The van der Waals surface area contributed by atoms with Gasteiger partial charge in [0.15, 0.2) is 0 Å². The Labute approximate surface area is 105 Å². The maximum Gasteiger partial charge on any atom is 0.237 e. The average molecular weight is 245 g/mol. The van der Waals surface area contributed by atoms with Crippen molar-refractivity contribution in [1.82, 2.24) is 10.6 Å². The number of carbonyl (C=O) groups is 1. The zero-order chi connectivity index (χ0) is 13.0. The fraction of sp³-hybridized carbons (Fsp3) is 0.385. The van der Waals surface area contributed by atoms with Crippen molar-refractivity contribution in [2.75, 3.05) is 6.54 Å². The van der Waals surface area contributed by atoms with Gasteiger partial charge in [0.1, 0.15) is 0 Å². The van der Waals surface area contributed by atoms with Crippen LogP contribution in [0.15, 0.2) is 24.3 Å². The molecule has 2 unspecified atom stereocenters. The van der Waals surface area contributed by atoms with Gasteiger partial charge in [-0.15, -0.1) is 0 Å². The summed E-state index contributed by atoms with van der Waals surface area (Å²) in [5.41, 5.74) is 1.47. The second kappa shape index (κ2) is 5.63. The molecule has 0 spiro atoms. The lowest BCUT2D eigenvalue weighted by atomic mass is 10.1. The van der Waals surface area contributed by atoms with Gasteiger partial charge in [-0.2, -0.15) is 5.26 Å². The molecule has 0 radical (unpaired) electrons. The molecule has 0 bridgehead atoms. The zero-order valence-corrected chi connectivity index (χ0v) is 9.89. The largest absolute Gasteiger partial charge is 0.392 e. The fourth-order valence-corrected chi connectivity index (χ4v) is 1.98.